The number of hydrogen-bond acceptors (Lipinski definition) is 4. The minimum Gasteiger partial charge on any atom is -0.497 e. The molecule has 3 amide bonds. The highest BCUT2D eigenvalue weighted by Crippen LogP contribution is 2.31. The van der Waals surface area contributed by atoms with E-state index in [0.717, 1.165) is 5.56 Å². The van der Waals surface area contributed by atoms with Crippen LogP contribution in [0, 0.1) is 23.1 Å². The fraction of sp³-hybridized carbons (Fsp3) is 0.571. The zero-order valence-electron chi connectivity index (χ0n) is 17.2. The minimum atomic E-state index is -0.680. The van der Waals surface area contributed by atoms with E-state index in [1.54, 1.807) is 4.90 Å². The molecule has 1 aliphatic rings. The number of carbonyl (C=O) groups excluding carboxylic acids is 2. The average Bonchev–Trinajstić information content (AvgIpc) is 2.70. The van der Waals surface area contributed by atoms with Crippen LogP contribution in [0.5, 0.6) is 5.75 Å². The molecule has 2 rings (SSSR count). The topological polar surface area (TPSA) is 94.5 Å². The van der Waals surface area contributed by atoms with Crippen LogP contribution in [0.15, 0.2) is 18.2 Å². The summed E-state index contributed by atoms with van der Waals surface area (Å²) in [7, 11) is 1.51. The van der Waals surface area contributed by atoms with Gasteiger partial charge in [-0.1, -0.05) is 13.8 Å². The molecule has 0 aliphatic carbocycles. The maximum atomic E-state index is 13.8. The van der Waals surface area contributed by atoms with Gasteiger partial charge in [0.15, 0.2) is 0 Å². The highest BCUT2D eigenvalue weighted by atomic mass is 19.1. The summed E-state index contributed by atoms with van der Waals surface area (Å²) in [6, 6.07) is 5.59. The lowest BCUT2D eigenvalue weighted by molar-refractivity contribution is -0.123. The molecule has 1 aromatic rings. The largest absolute Gasteiger partial charge is 0.497 e. The Balaban J connectivity index is 1.95. The number of rotatable bonds is 7. The van der Waals surface area contributed by atoms with E-state index in [1.807, 2.05) is 26.0 Å². The summed E-state index contributed by atoms with van der Waals surface area (Å²) in [4.78, 5) is 26.6. The van der Waals surface area contributed by atoms with Crippen LogP contribution < -0.4 is 15.4 Å². The Morgan fingerprint density at radius 1 is 1.31 bits per heavy atom. The number of nitriles is 1. The Hall–Kier alpha value is -2.82. The van der Waals surface area contributed by atoms with Gasteiger partial charge in [0.25, 0.3) is 0 Å². The zero-order chi connectivity index (χ0) is 21.4. The Kier molecular flexibility index (Phi) is 8.25. The van der Waals surface area contributed by atoms with Crippen molar-refractivity contribution in [2.75, 3.05) is 26.7 Å². The molecule has 1 aromatic carbocycles. The van der Waals surface area contributed by atoms with Gasteiger partial charge in [0.2, 0.25) is 5.91 Å². The first-order valence-electron chi connectivity index (χ1n) is 9.88. The number of hydrogen-bond donors (Lipinski definition) is 2. The monoisotopic (exact) mass is 404 g/mol. The van der Waals surface area contributed by atoms with Gasteiger partial charge in [0.1, 0.15) is 24.2 Å². The molecule has 1 saturated heterocycles. The fourth-order valence-corrected chi connectivity index (χ4v) is 3.55. The van der Waals surface area contributed by atoms with Crippen molar-refractivity contribution < 1.29 is 18.7 Å². The molecule has 0 radical (unpaired) electrons. The van der Waals surface area contributed by atoms with Gasteiger partial charge in [-0.15, -0.1) is 0 Å². The van der Waals surface area contributed by atoms with E-state index in [-0.39, 0.29) is 36.1 Å². The molecule has 1 fully saturated rings. The number of likely N-dealkylation sites (tertiary alicyclic amines) is 1. The summed E-state index contributed by atoms with van der Waals surface area (Å²) < 4.78 is 18.9. The molecular weight excluding hydrogens is 375 g/mol. The van der Waals surface area contributed by atoms with Crippen LogP contribution in [-0.2, 0) is 4.79 Å². The standard InChI is InChI=1S/C21H29FN4O3/c1-14(2)10-19(20(27)24-7-6-23)25-21(28)26-8-4-15(5-9-26)16-11-17(22)13-18(12-16)29-3/h11-15,19H,4-5,7-10H2,1-3H3,(H,24,27)(H,25,28). The molecule has 1 heterocycles. The minimum absolute atomic E-state index is 0.0915. The Labute approximate surface area is 171 Å². The first-order chi connectivity index (χ1) is 13.8. The van der Waals surface area contributed by atoms with E-state index in [4.69, 9.17) is 10.00 Å². The third kappa shape index (κ3) is 6.63. The van der Waals surface area contributed by atoms with E-state index in [1.165, 1.54) is 19.2 Å². The van der Waals surface area contributed by atoms with E-state index < -0.39 is 6.04 Å². The predicted molar refractivity (Wildman–Crippen MR) is 107 cm³/mol. The van der Waals surface area contributed by atoms with Crippen molar-refractivity contribution in [1.82, 2.24) is 15.5 Å². The lowest BCUT2D eigenvalue weighted by atomic mass is 9.89. The molecule has 2 N–H and O–H groups in total. The summed E-state index contributed by atoms with van der Waals surface area (Å²) in [5, 5.41) is 13.9. The second kappa shape index (κ2) is 10.6. The second-order valence-electron chi connectivity index (χ2n) is 7.69. The molecule has 0 saturated carbocycles. The summed E-state index contributed by atoms with van der Waals surface area (Å²) >= 11 is 0. The molecule has 1 aliphatic heterocycles. The number of halogens is 1. The smallest absolute Gasteiger partial charge is 0.318 e. The van der Waals surface area contributed by atoms with Crippen LogP contribution >= 0.6 is 0 Å². The van der Waals surface area contributed by atoms with Gasteiger partial charge in [-0.2, -0.15) is 5.26 Å². The van der Waals surface area contributed by atoms with Gasteiger partial charge in [0.05, 0.1) is 13.2 Å². The molecule has 0 aromatic heterocycles. The number of amides is 3. The Bertz CT molecular complexity index is 755. The van der Waals surface area contributed by atoms with Crippen molar-refractivity contribution in [2.24, 2.45) is 5.92 Å². The molecule has 158 valence electrons. The molecule has 0 spiro atoms. The highest BCUT2D eigenvalue weighted by molar-refractivity contribution is 5.87. The van der Waals surface area contributed by atoms with Crippen molar-refractivity contribution in [3.05, 3.63) is 29.6 Å². The number of nitrogens with one attached hydrogen (secondary N) is 2. The Morgan fingerprint density at radius 3 is 2.59 bits per heavy atom. The van der Waals surface area contributed by atoms with Crippen molar-refractivity contribution in [3.63, 3.8) is 0 Å². The van der Waals surface area contributed by atoms with Crippen LogP contribution in [0.2, 0.25) is 0 Å². The number of methoxy groups -OCH3 is 1. The van der Waals surface area contributed by atoms with Gasteiger partial charge >= 0.3 is 6.03 Å². The number of piperidine rings is 1. The first-order valence-corrected chi connectivity index (χ1v) is 9.88. The molecule has 1 atom stereocenters. The zero-order valence-corrected chi connectivity index (χ0v) is 17.2. The summed E-state index contributed by atoms with van der Waals surface area (Å²) in [5.41, 5.74) is 0.871. The fourth-order valence-electron chi connectivity index (χ4n) is 3.55. The van der Waals surface area contributed by atoms with Gasteiger partial charge in [0, 0.05) is 19.2 Å². The third-order valence-corrected chi connectivity index (χ3v) is 5.05. The van der Waals surface area contributed by atoms with Crippen LogP contribution in [-0.4, -0.2) is 49.6 Å². The van der Waals surface area contributed by atoms with E-state index >= 15 is 0 Å². The van der Waals surface area contributed by atoms with Crippen molar-refractivity contribution in [3.8, 4) is 11.8 Å². The van der Waals surface area contributed by atoms with E-state index in [0.29, 0.717) is 38.1 Å². The Morgan fingerprint density at radius 2 is 2.00 bits per heavy atom. The average molecular weight is 404 g/mol. The van der Waals surface area contributed by atoms with E-state index in [9.17, 15) is 14.0 Å². The molecule has 29 heavy (non-hydrogen) atoms. The van der Waals surface area contributed by atoms with Crippen LogP contribution in [0.3, 0.4) is 0 Å². The van der Waals surface area contributed by atoms with Gasteiger partial charge in [-0.3, -0.25) is 4.79 Å². The summed E-state index contributed by atoms with van der Waals surface area (Å²) in [6.45, 7) is 4.88. The molecule has 8 heteroatoms. The van der Waals surface area contributed by atoms with Crippen LogP contribution in [0.25, 0.3) is 0 Å². The number of urea groups is 1. The second-order valence-corrected chi connectivity index (χ2v) is 7.69. The SMILES string of the molecule is COc1cc(F)cc(C2CCN(C(=O)NC(CC(C)C)C(=O)NCC#N)CC2)c1. The molecule has 0 bridgehead atoms. The number of benzene rings is 1. The maximum absolute atomic E-state index is 13.8. The number of carbonyl (C=O) groups is 2. The number of nitrogens with zero attached hydrogens (tertiary/aromatic N) is 2. The third-order valence-electron chi connectivity index (χ3n) is 5.05. The van der Waals surface area contributed by atoms with Gasteiger partial charge in [-0.05, 0) is 48.8 Å². The van der Waals surface area contributed by atoms with Gasteiger partial charge < -0.3 is 20.3 Å². The first kappa shape index (κ1) is 22.5. The quantitative estimate of drug-likeness (QED) is 0.683. The molecular formula is C21H29FN4O3. The van der Waals surface area contributed by atoms with Crippen molar-refractivity contribution >= 4 is 11.9 Å². The highest BCUT2D eigenvalue weighted by Gasteiger charge is 2.28. The number of ether oxygens (including phenoxy) is 1. The summed E-state index contributed by atoms with van der Waals surface area (Å²) in [5.74, 6) is 0.158. The van der Waals surface area contributed by atoms with Crippen molar-refractivity contribution in [1.29, 1.82) is 5.26 Å². The maximum Gasteiger partial charge on any atom is 0.318 e. The van der Waals surface area contributed by atoms with Gasteiger partial charge in [-0.25, -0.2) is 9.18 Å². The van der Waals surface area contributed by atoms with Crippen LogP contribution in [0.1, 0.15) is 44.6 Å². The normalized spacial score (nSPS) is 15.5. The molecule has 7 nitrogen and oxygen atoms in total. The predicted octanol–water partition coefficient (Wildman–Crippen LogP) is 2.78. The van der Waals surface area contributed by atoms with Crippen molar-refractivity contribution in [2.45, 2.75) is 45.1 Å². The summed E-state index contributed by atoms with van der Waals surface area (Å²) in [6.07, 6.45) is 1.90. The van der Waals surface area contributed by atoms with E-state index in [2.05, 4.69) is 10.6 Å². The lowest BCUT2D eigenvalue weighted by Crippen LogP contribution is -2.53. The molecule has 1 unspecified atom stereocenters. The lowest BCUT2D eigenvalue weighted by Gasteiger charge is -2.33. The van der Waals surface area contributed by atoms with Crippen LogP contribution in [0.4, 0.5) is 9.18 Å².